The second-order valence-electron chi connectivity index (χ2n) is 4.89. The largest absolute Gasteiger partial charge is 0.397 e. The molecular weight excluding hydrogens is 210 g/mol. The summed E-state index contributed by atoms with van der Waals surface area (Å²) in [6.45, 7) is 1.04. The Hall–Kier alpha value is -1.69. The highest BCUT2D eigenvalue weighted by Gasteiger charge is 2.17. The molecule has 0 bridgehead atoms. The lowest BCUT2D eigenvalue weighted by atomic mass is 9.83. The molecule has 1 aliphatic rings. The number of nitriles is 1. The van der Waals surface area contributed by atoms with Gasteiger partial charge in [0.1, 0.15) is 0 Å². The molecule has 1 aliphatic carbocycles. The molecular formula is C14H19N3. The van der Waals surface area contributed by atoms with Crippen molar-refractivity contribution in [1.29, 1.82) is 5.26 Å². The molecule has 0 heterocycles. The molecule has 3 heteroatoms. The van der Waals surface area contributed by atoms with Crippen LogP contribution in [0.5, 0.6) is 0 Å². The molecule has 0 spiro atoms. The first-order valence-electron chi connectivity index (χ1n) is 6.21. The highest BCUT2D eigenvalue weighted by Crippen LogP contribution is 2.30. The number of nitrogens with two attached hydrogens (primary N) is 1. The van der Waals surface area contributed by atoms with Crippen LogP contribution in [0.4, 0.5) is 11.4 Å². The number of rotatable bonds is 4. The zero-order valence-electron chi connectivity index (χ0n) is 10.3. The predicted octanol–water partition coefficient (Wildman–Crippen LogP) is 2.77. The van der Waals surface area contributed by atoms with E-state index < -0.39 is 0 Å². The van der Waals surface area contributed by atoms with E-state index in [0.717, 1.165) is 18.2 Å². The maximum Gasteiger partial charge on any atom is 0.0992 e. The minimum absolute atomic E-state index is 0.624. The van der Waals surface area contributed by atoms with E-state index in [1.807, 2.05) is 12.1 Å². The van der Waals surface area contributed by atoms with Crippen molar-refractivity contribution in [3.8, 4) is 6.07 Å². The number of hydrogen-bond acceptors (Lipinski definition) is 3. The van der Waals surface area contributed by atoms with Crippen molar-refractivity contribution in [2.45, 2.75) is 25.7 Å². The van der Waals surface area contributed by atoms with E-state index in [1.165, 1.54) is 25.7 Å². The van der Waals surface area contributed by atoms with Crippen LogP contribution in [0, 0.1) is 17.2 Å². The maximum atomic E-state index is 8.79. The summed E-state index contributed by atoms with van der Waals surface area (Å²) in [6.07, 6.45) is 5.41. The SMILES string of the molecule is CN(CCC1CCC1)c1ccc(C#N)cc1N. The minimum Gasteiger partial charge on any atom is -0.397 e. The van der Waals surface area contributed by atoms with E-state index in [2.05, 4.69) is 18.0 Å². The Morgan fingerprint density at radius 3 is 2.76 bits per heavy atom. The van der Waals surface area contributed by atoms with Gasteiger partial charge in [-0.1, -0.05) is 19.3 Å². The van der Waals surface area contributed by atoms with Crippen LogP contribution < -0.4 is 10.6 Å². The molecule has 0 atom stereocenters. The van der Waals surface area contributed by atoms with Crippen LogP contribution >= 0.6 is 0 Å². The molecule has 0 radical (unpaired) electrons. The van der Waals surface area contributed by atoms with E-state index in [-0.39, 0.29) is 0 Å². The van der Waals surface area contributed by atoms with Gasteiger partial charge in [-0.3, -0.25) is 0 Å². The monoisotopic (exact) mass is 229 g/mol. The Bertz CT molecular complexity index is 430. The van der Waals surface area contributed by atoms with Gasteiger partial charge in [-0.05, 0) is 30.5 Å². The van der Waals surface area contributed by atoms with Crippen LogP contribution in [0.1, 0.15) is 31.2 Å². The average molecular weight is 229 g/mol. The summed E-state index contributed by atoms with van der Waals surface area (Å²) in [6, 6.07) is 7.61. The lowest BCUT2D eigenvalue weighted by Crippen LogP contribution is -2.24. The van der Waals surface area contributed by atoms with Gasteiger partial charge in [0.2, 0.25) is 0 Å². The maximum absolute atomic E-state index is 8.79. The van der Waals surface area contributed by atoms with Gasteiger partial charge in [-0.2, -0.15) is 5.26 Å². The highest BCUT2D eigenvalue weighted by molar-refractivity contribution is 5.69. The van der Waals surface area contributed by atoms with Crippen LogP contribution in [0.2, 0.25) is 0 Å². The van der Waals surface area contributed by atoms with Crippen molar-refractivity contribution < 1.29 is 0 Å². The smallest absolute Gasteiger partial charge is 0.0992 e. The zero-order chi connectivity index (χ0) is 12.3. The summed E-state index contributed by atoms with van der Waals surface area (Å²) in [5.41, 5.74) is 8.31. The van der Waals surface area contributed by atoms with Gasteiger partial charge >= 0.3 is 0 Å². The Labute approximate surface area is 103 Å². The second-order valence-corrected chi connectivity index (χ2v) is 4.89. The molecule has 1 saturated carbocycles. The van der Waals surface area contributed by atoms with Crippen LogP contribution in [-0.4, -0.2) is 13.6 Å². The molecule has 2 N–H and O–H groups in total. The van der Waals surface area contributed by atoms with Crippen molar-refractivity contribution in [1.82, 2.24) is 0 Å². The third-order valence-electron chi connectivity index (χ3n) is 3.67. The van der Waals surface area contributed by atoms with Gasteiger partial charge in [-0.15, -0.1) is 0 Å². The Morgan fingerprint density at radius 1 is 1.47 bits per heavy atom. The summed E-state index contributed by atoms with van der Waals surface area (Å²) in [5.74, 6) is 0.914. The second kappa shape index (κ2) is 5.09. The Kier molecular flexibility index (Phi) is 3.53. The molecule has 0 unspecified atom stereocenters. The molecule has 90 valence electrons. The van der Waals surface area contributed by atoms with Gasteiger partial charge in [0.15, 0.2) is 0 Å². The quantitative estimate of drug-likeness (QED) is 0.808. The van der Waals surface area contributed by atoms with E-state index in [1.54, 1.807) is 6.07 Å². The first kappa shape index (κ1) is 11.8. The lowest BCUT2D eigenvalue weighted by molar-refractivity contribution is 0.299. The normalized spacial score (nSPS) is 15.1. The van der Waals surface area contributed by atoms with Crippen molar-refractivity contribution in [2.75, 3.05) is 24.2 Å². The molecule has 1 fully saturated rings. The van der Waals surface area contributed by atoms with Crippen LogP contribution in [-0.2, 0) is 0 Å². The van der Waals surface area contributed by atoms with Gasteiger partial charge < -0.3 is 10.6 Å². The van der Waals surface area contributed by atoms with Crippen LogP contribution in [0.3, 0.4) is 0 Å². The zero-order valence-corrected chi connectivity index (χ0v) is 10.3. The van der Waals surface area contributed by atoms with Crippen molar-refractivity contribution in [2.24, 2.45) is 5.92 Å². The van der Waals surface area contributed by atoms with Crippen LogP contribution in [0.15, 0.2) is 18.2 Å². The third-order valence-corrected chi connectivity index (χ3v) is 3.67. The highest BCUT2D eigenvalue weighted by atomic mass is 15.1. The van der Waals surface area contributed by atoms with Crippen molar-refractivity contribution >= 4 is 11.4 Å². The Morgan fingerprint density at radius 2 is 2.24 bits per heavy atom. The molecule has 2 rings (SSSR count). The van der Waals surface area contributed by atoms with E-state index >= 15 is 0 Å². The Balaban J connectivity index is 1.98. The molecule has 17 heavy (non-hydrogen) atoms. The van der Waals surface area contributed by atoms with E-state index in [4.69, 9.17) is 11.0 Å². The molecule has 0 amide bonds. The van der Waals surface area contributed by atoms with Crippen molar-refractivity contribution in [3.63, 3.8) is 0 Å². The average Bonchev–Trinajstić information content (AvgIpc) is 2.26. The molecule has 1 aromatic carbocycles. The standard InChI is InChI=1S/C14H19N3/c1-17(8-7-11-3-2-4-11)14-6-5-12(10-15)9-13(14)16/h5-6,9,11H,2-4,7-8,16H2,1H3. The lowest BCUT2D eigenvalue weighted by Gasteiger charge is -2.29. The van der Waals surface area contributed by atoms with Gasteiger partial charge in [0, 0.05) is 13.6 Å². The fourth-order valence-electron chi connectivity index (χ4n) is 2.25. The molecule has 0 saturated heterocycles. The molecule has 0 aliphatic heterocycles. The fraction of sp³-hybridized carbons (Fsp3) is 0.500. The number of anilines is 2. The summed E-state index contributed by atoms with van der Waals surface area (Å²) in [5, 5.41) is 8.79. The van der Waals surface area contributed by atoms with Gasteiger partial charge in [0.25, 0.3) is 0 Å². The van der Waals surface area contributed by atoms with Crippen LogP contribution in [0.25, 0.3) is 0 Å². The predicted molar refractivity (Wildman–Crippen MR) is 70.8 cm³/mol. The number of benzene rings is 1. The fourth-order valence-corrected chi connectivity index (χ4v) is 2.25. The van der Waals surface area contributed by atoms with E-state index in [0.29, 0.717) is 11.3 Å². The summed E-state index contributed by atoms with van der Waals surface area (Å²) < 4.78 is 0. The summed E-state index contributed by atoms with van der Waals surface area (Å²) in [4.78, 5) is 2.19. The molecule has 1 aromatic rings. The number of hydrogen-bond donors (Lipinski definition) is 1. The summed E-state index contributed by atoms with van der Waals surface area (Å²) in [7, 11) is 2.07. The number of nitrogen functional groups attached to an aromatic ring is 1. The van der Waals surface area contributed by atoms with Gasteiger partial charge in [-0.25, -0.2) is 0 Å². The topological polar surface area (TPSA) is 53.0 Å². The third kappa shape index (κ3) is 2.71. The number of nitrogens with zero attached hydrogens (tertiary/aromatic N) is 2. The first-order chi connectivity index (χ1) is 8.20. The van der Waals surface area contributed by atoms with E-state index in [9.17, 15) is 0 Å². The molecule has 3 nitrogen and oxygen atoms in total. The van der Waals surface area contributed by atoms with Gasteiger partial charge in [0.05, 0.1) is 23.0 Å². The molecule has 0 aromatic heterocycles. The first-order valence-corrected chi connectivity index (χ1v) is 6.21. The summed E-state index contributed by atoms with van der Waals surface area (Å²) >= 11 is 0. The van der Waals surface area contributed by atoms with Crippen molar-refractivity contribution in [3.05, 3.63) is 23.8 Å². The minimum atomic E-state index is 0.624.